The van der Waals surface area contributed by atoms with E-state index in [-0.39, 0.29) is 5.91 Å². The predicted octanol–water partition coefficient (Wildman–Crippen LogP) is 3.37. The van der Waals surface area contributed by atoms with Gasteiger partial charge in [-0.15, -0.1) is 5.10 Å². The molecule has 0 fully saturated rings. The summed E-state index contributed by atoms with van der Waals surface area (Å²) in [6.45, 7) is 0. The van der Waals surface area contributed by atoms with E-state index in [9.17, 15) is 4.79 Å². The average molecular weight is 299 g/mol. The normalized spacial score (nSPS) is 13.0. The Bertz CT molecular complexity index is 1080. The first-order chi connectivity index (χ1) is 11.3. The lowest BCUT2D eigenvalue weighted by molar-refractivity contribution is 0.0948. The lowest BCUT2D eigenvalue weighted by Gasteiger charge is -2.06. The summed E-state index contributed by atoms with van der Waals surface area (Å²) in [6.07, 6.45) is 2.09. The Morgan fingerprint density at radius 1 is 0.957 bits per heavy atom. The molecular weight excluding hydrogens is 286 g/mol. The highest BCUT2D eigenvalue weighted by Gasteiger charge is 2.21. The van der Waals surface area contributed by atoms with Gasteiger partial charge in [0.2, 0.25) is 0 Å². The fourth-order valence-electron chi connectivity index (χ4n) is 3.58. The zero-order valence-corrected chi connectivity index (χ0v) is 12.4. The van der Waals surface area contributed by atoms with Crippen molar-refractivity contribution in [3.05, 3.63) is 71.3 Å². The Labute approximate surface area is 132 Å². The molecule has 4 heteroatoms. The van der Waals surface area contributed by atoms with Crippen molar-refractivity contribution >= 4 is 27.7 Å². The van der Waals surface area contributed by atoms with Gasteiger partial charge in [0, 0.05) is 10.9 Å². The molecule has 4 nitrogen and oxygen atoms in total. The third kappa shape index (κ3) is 1.69. The molecule has 5 rings (SSSR count). The third-order valence-corrected chi connectivity index (χ3v) is 4.61. The highest BCUT2D eigenvalue weighted by molar-refractivity contribution is 6.12. The quantitative estimate of drug-likeness (QED) is 0.541. The van der Waals surface area contributed by atoms with Crippen molar-refractivity contribution in [3.63, 3.8) is 0 Å². The molecule has 0 saturated carbocycles. The molecule has 0 atom stereocenters. The van der Waals surface area contributed by atoms with Gasteiger partial charge in [-0.05, 0) is 47.6 Å². The number of hydrogen-bond acceptors (Lipinski definition) is 3. The first-order valence-corrected chi connectivity index (χ1v) is 7.71. The van der Waals surface area contributed by atoms with Crippen LogP contribution in [0.25, 0.3) is 21.8 Å². The van der Waals surface area contributed by atoms with Crippen LogP contribution in [0.4, 0.5) is 0 Å². The lowest BCUT2D eigenvalue weighted by atomic mass is 10.0. The van der Waals surface area contributed by atoms with E-state index in [1.807, 2.05) is 18.2 Å². The second-order valence-electron chi connectivity index (χ2n) is 5.92. The van der Waals surface area contributed by atoms with E-state index in [0.29, 0.717) is 5.56 Å². The molecule has 0 bridgehead atoms. The molecule has 0 aliphatic heterocycles. The van der Waals surface area contributed by atoms with Crippen molar-refractivity contribution < 1.29 is 4.79 Å². The van der Waals surface area contributed by atoms with E-state index < -0.39 is 0 Å². The van der Waals surface area contributed by atoms with Crippen LogP contribution < -0.4 is 0 Å². The van der Waals surface area contributed by atoms with Crippen LogP contribution in [-0.2, 0) is 12.8 Å². The Morgan fingerprint density at radius 3 is 2.65 bits per heavy atom. The zero-order valence-electron chi connectivity index (χ0n) is 12.4. The molecule has 0 spiro atoms. The van der Waals surface area contributed by atoms with Crippen LogP contribution in [0, 0.1) is 0 Å². The highest BCUT2D eigenvalue weighted by Crippen LogP contribution is 2.35. The molecule has 1 aromatic heterocycles. The maximum Gasteiger partial charge on any atom is 0.280 e. The molecule has 4 aromatic rings. The summed E-state index contributed by atoms with van der Waals surface area (Å²) in [5, 5.41) is 10.7. The molecule has 1 aliphatic carbocycles. The Balaban J connectivity index is 1.85. The predicted molar refractivity (Wildman–Crippen MR) is 88.6 cm³/mol. The summed E-state index contributed by atoms with van der Waals surface area (Å²) in [7, 11) is 0. The number of benzene rings is 3. The van der Waals surface area contributed by atoms with Gasteiger partial charge in [0.15, 0.2) is 0 Å². The minimum absolute atomic E-state index is 0.146. The maximum atomic E-state index is 12.8. The van der Waals surface area contributed by atoms with Gasteiger partial charge >= 0.3 is 0 Å². The number of hydrogen-bond donors (Lipinski definition) is 0. The third-order valence-electron chi connectivity index (χ3n) is 4.61. The molecular formula is C19H13N3O. The standard InChI is InChI=1S/C19H13N3O/c23-19(13-5-2-1-3-6-13)22-18-15-8-4-7-12-9-10-14(17(12)15)11-16(18)20-21-22/h1-8,11H,9-10H2. The summed E-state index contributed by atoms with van der Waals surface area (Å²) < 4.78 is 1.44. The van der Waals surface area contributed by atoms with E-state index in [1.165, 1.54) is 21.2 Å². The molecule has 3 aromatic carbocycles. The van der Waals surface area contributed by atoms with Gasteiger partial charge in [0.05, 0.1) is 0 Å². The van der Waals surface area contributed by atoms with Gasteiger partial charge in [-0.25, -0.2) is 0 Å². The van der Waals surface area contributed by atoms with Crippen LogP contribution in [0.5, 0.6) is 0 Å². The summed E-state index contributed by atoms with van der Waals surface area (Å²) in [5.74, 6) is -0.146. The van der Waals surface area contributed by atoms with Crippen molar-refractivity contribution in [2.45, 2.75) is 12.8 Å². The van der Waals surface area contributed by atoms with Crippen molar-refractivity contribution in [1.82, 2.24) is 15.0 Å². The molecule has 110 valence electrons. The molecule has 0 unspecified atom stereocenters. The van der Waals surface area contributed by atoms with Gasteiger partial charge in [-0.1, -0.05) is 41.6 Å². The SMILES string of the molecule is O=C(c1ccccc1)n1nnc2cc3c4c(cccc4c21)CC3. The number of nitrogens with zero attached hydrogens (tertiary/aromatic N) is 3. The van der Waals surface area contributed by atoms with Gasteiger partial charge in [0.1, 0.15) is 11.0 Å². The molecule has 0 amide bonds. The van der Waals surface area contributed by atoms with Crippen LogP contribution in [0.1, 0.15) is 21.5 Å². The summed E-state index contributed by atoms with van der Waals surface area (Å²) in [5.41, 5.74) is 4.86. The Kier molecular flexibility index (Phi) is 2.45. The largest absolute Gasteiger partial charge is 0.280 e. The van der Waals surface area contributed by atoms with Crippen molar-refractivity contribution in [1.29, 1.82) is 0 Å². The fourth-order valence-corrected chi connectivity index (χ4v) is 3.58. The van der Waals surface area contributed by atoms with Crippen molar-refractivity contribution in [2.24, 2.45) is 0 Å². The molecule has 23 heavy (non-hydrogen) atoms. The maximum absolute atomic E-state index is 12.8. The molecule has 0 radical (unpaired) electrons. The van der Waals surface area contributed by atoms with Gasteiger partial charge in [-0.3, -0.25) is 4.79 Å². The van der Waals surface area contributed by atoms with E-state index in [2.05, 4.69) is 34.6 Å². The highest BCUT2D eigenvalue weighted by atomic mass is 16.2. The van der Waals surface area contributed by atoms with Crippen LogP contribution in [0.3, 0.4) is 0 Å². The van der Waals surface area contributed by atoms with Crippen molar-refractivity contribution in [3.8, 4) is 0 Å². The van der Waals surface area contributed by atoms with Gasteiger partial charge < -0.3 is 0 Å². The van der Waals surface area contributed by atoms with E-state index in [0.717, 1.165) is 29.3 Å². The van der Waals surface area contributed by atoms with Crippen LogP contribution in [0.15, 0.2) is 54.6 Å². The minimum atomic E-state index is -0.146. The lowest BCUT2D eigenvalue weighted by Crippen LogP contribution is -2.13. The molecule has 0 N–H and O–H groups in total. The first kappa shape index (κ1) is 12.5. The van der Waals surface area contributed by atoms with Crippen LogP contribution >= 0.6 is 0 Å². The second-order valence-corrected chi connectivity index (χ2v) is 5.92. The van der Waals surface area contributed by atoms with E-state index in [4.69, 9.17) is 0 Å². The number of aromatic nitrogens is 3. The van der Waals surface area contributed by atoms with Crippen LogP contribution in [-0.4, -0.2) is 20.9 Å². The zero-order chi connectivity index (χ0) is 15.4. The van der Waals surface area contributed by atoms with E-state index in [1.54, 1.807) is 12.1 Å². The monoisotopic (exact) mass is 299 g/mol. The first-order valence-electron chi connectivity index (χ1n) is 7.71. The number of carbonyl (C=O) groups is 1. The summed E-state index contributed by atoms with van der Waals surface area (Å²) in [4.78, 5) is 12.8. The summed E-state index contributed by atoms with van der Waals surface area (Å²) in [6, 6.07) is 17.6. The molecule has 0 saturated heterocycles. The number of aryl methyl sites for hydroxylation is 2. The van der Waals surface area contributed by atoms with E-state index >= 15 is 0 Å². The Hall–Kier alpha value is -3.01. The topological polar surface area (TPSA) is 47.8 Å². The number of carbonyl (C=O) groups excluding carboxylic acids is 1. The Morgan fingerprint density at radius 2 is 1.78 bits per heavy atom. The molecule has 1 heterocycles. The number of fused-ring (bicyclic) bond motifs is 2. The molecule has 1 aliphatic rings. The van der Waals surface area contributed by atoms with Gasteiger partial charge in [0.25, 0.3) is 5.91 Å². The summed E-state index contributed by atoms with van der Waals surface area (Å²) >= 11 is 0. The van der Waals surface area contributed by atoms with Crippen LogP contribution in [0.2, 0.25) is 0 Å². The fraction of sp³-hybridized carbons (Fsp3) is 0.105. The smallest absolute Gasteiger partial charge is 0.267 e. The van der Waals surface area contributed by atoms with Gasteiger partial charge in [-0.2, -0.15) is 4.68 Å². The number of rotatable bonds is 1. The van der Waals surface area contributed by atoms with Crippen molar-refractivity contribution in [2.75, 3.05) is 0 Å². The average Bonchev–Trinajstić information content (AvgIpc) is 3.21. The second kappa shape index (κ2) is 4.49. The minimum Gasteiger partial charge on any atom is -0.267 e.